The van der Waals surface area contributed by atoms with Gasteiger partial charge in [0.05, 0.1) is 6.20 Å². The van der Waals surface area contributed by atoms with E-state index in [0.717, 1.165) is 15.8 Å². The van der Waals surface area contributed by atoms with Crippen molar-refractivity contribution in [2.45, 2.75) is 6.92 Å². The molecule has 17 heavy (non-hydrogen) atoms. The van der Waals surface area contributed by atoms with Gasteiger partial charge in [-0.2, -0.15) is 5.26 Å². The normalized spacial score (nSPS) is 9.71. The first-order valence-electron chi connectivity index (χ1n) is 4.99. The Kier molecular flexibility index (Phi) is 3.40. The fraction of sp³-hybridized carbons (Fsp3) is 0.0769. The molecular formula is C13H9BrN2O. The molecule has 2 aromatic rings. The molecule has 0 radical (unpaired) electrons. The number of aromatic nitrogens is 1. The molecule has 0 saturated carbocycles. The molecule has 4 heteroatoms. The molecule has 0 saturated heterocycles. The van der Waals surface area contributed by atoms with Gasteiger partial charge < -0.3 is 4.74 Å². The predicted octanol–water partition coefficient (Wildman–Crippen LogP) is 3.82. The zero-order chi connectivity index (χ0) is 12.3. The first-order chi connectivity index (χ1) is 8.19. The summed E-state index contributed by atoms with van der Waals surface area (Å²) in [6.45, 7) is 1.97. The number of pyridine rings is 1. The number of rotatable bonds is 2. The van der Waals surface area contributed by atoms with Crippen molar-refractivity contribution in [3.05, 3.63) is 52.3 Å². The highest BCUT2D eigenvalue weighted by atomic mass is 79.9. The van der Waals surface area contributed by atoms with Crippen molar-refractivity contribution in [3.8, 4) is 17.6 Å². The molecule has 0 aliphatic rings. The highest BCUT2D eigenvalue weighted by molar-refractivity contribution is 9.10. The minimum Gasteiger partial charge on any atom is -0.455 e. The summed E-state index contributed by atoms with van der Waals surface area (Å²) in [7, 11) is 0. The Morgan fingerprint density at radius 2 is 2.12 bits per heavy atom. The van der Waals surface area contributed by atoms with Crippen LogP contribution in [-0.4, -0.2) is 4.98 Å². The van der Waals surface area contributed by atoms with E-state index in [1.54, 1.807) is 18.3 Å². The van der Waals surface area contributed by atoms with Crippen molar-refractivity contribution in [3.63, 3.8) is 0 Å². The zero-order valence-corrected chi connectivity index (χ0v) is 10.7. The van der Waals surface area contributed by atoms with Crippen molar-refractivity contribution < 1.29 is 4.74 Å². The van der Waals surface area contributed by atoms with Crippen LogP contribution in [0.25, 0.3) is 0 Å². The summed E-state index contributed by atoms with van der Waals surface area (Å²) in [4.78, 5) is 3.95. The lowest BCUT2D eigenvalue weighted by molar-refractivity contribution is 0.476. The third-order valence-corrected chi connectivity index (χ3v) is 2.71. The van der Waals surface area contributed by atoms with E-state index >= 15 is 0 Å². The fourth-order valence-electron chi connectivity index (χ4n) is 1.36. The lowest BCUT2D eigenvalue weighted by Crippen LogP contribution is -1.89. The monoisotopic (exact) mass is 288 g/mol. The molecule has 0 amide bonds. The Morgan fingerprint density at radius 1 is 1.29 bits per heavy atom. The second-order valence-electron chi connectivity index (χ2n) is 3.50. The summed E-state index contributed by atoms with van der Waals surface area (Å²) < 4.78 is 6.69. The number of aryl methyl sites for hydroxylation is 1. The summed E-state index contributed by atoms with van der Waals surface area (Å²) in [6, 6.07) is 11.1. The van der Waals surface area contributed by atoms with E-state index in [-0.39, 0.29) is 0 Å². The van der Waals surface area contributed by atoms with Crippen LogP contribution < -0.4 is 4.74 Å². The maximum atomic E-state index is 8.63. The quantitative estimate of drug-likeness (QED) is 0.844. The molecule has 0 atom stereocenters. The van der Waals surface area contributed by atoms with Crippen molar-refractivity contribution in [2.24, 2.45) is 0 Å². The summed E-state index contributed by atoms with van der Waals surface area (Å²) in [5, 5.41) is 8.63. The van der Waals surface area contributed by atoms with Gasteiger partial charge in [0.2, 0.25) is 0 Å². The van der Waals surface area contributed by atoms with E-state index in [9.17, 15) is 0 Å². The van der Waals surface area contributed by atoms with Gasteiger partial charge >= 0.3 is 0 Å². The molecule has 0 aliphatic heterocycles. The molecule has 1 aromatic heterocycles. The zero-order valence-electron chi connectivity index (χ0n) is 9.14. The molecule has 0 spiro atoms. The van der Waals surface area contributed by atoms with Crippen molar-refractivity contribution in [1.82, 2.24) is 4.98 Å². The maximum Gasteiger partial charge on any atom is 0.145 e. The van der Waals surface area contributed by atoms with Crippen LogP contribution in [0.3, 0.4) is 0 Å². The maximum absolute atomic E-state index is 8.63. The van der Waals surface area contributed by atoms with Gasteiger partial charge in [-0.05, 0) is 42.8 Å². The van der Waals surface area contributed by atoms with Crippen molar-refractivity contribution in [2.75, 3.05) is 0 Å². The molecule has 0 bridgehead atoms. The summed E-state index contributed by atoms with van der Waals surface area (Å²) in [5.74, 6) is 1.40. The average Bonchev–Trinajstić information content (AvgIpc) is 2.34. The van der Waals surface area contributed by atoms with Gasteiger partial charge in [0.25, 0.3) is 0 Å². The van der Waals surface area contributed by atoms with Gasteiger partial charge in [-0.3, -0.25) is 0 Å². The minimum absolute atomic E-state index is 0.380. The number of benzene rings is 1. The smallest absolute Gasteiger partial charge is 0.145 e. The van der Waals surface area contributed by atoms with Gasteiger partial charge in [0.1, 0.15) is 23.3 Å². The standard InChI is InChI=1S/C13H9BrN2O/c1-9-6-10(14)2-5-13(9)17-12-4-3-11(7-15)16-8-12/h2-6,8H,1H3. The van der Waals surface area contributed by atoms with Crippen molar-refractivity contribution >= 4 is 15.9 Å². The Balaban J connectivity index is 2.23. The van der Waals surface area contributed by atoms with Gasteiger partial charge in [0.15, 0.2) is 0 Å². The van der Waals surface area contributed by atoms with E-state index in [4.69, 9.17) is 10.00 Å². The first kappa shape index (κ1) is 11.6. The number of hydrogen-bond acceptors (Lipinski definition) is 3. The molecule has 0 N–H and O–H groups in total. The summed E-state index contributed by atoms with van der Waals surface area (Å²) in [5.41, 5.74) is 1.41. The molecule has 2 rings (SSSR count). The number of halogens is 1. The SMILES string of the molecule is Cc1cc(Br)ccc1Oc1ccc(C#N)nc1. The van der Waals surface area contributed by atoms with Crippen LogP contribution in [0.5, 0.6) is 11.5 Å². The second-order valence-corrected chi connectivity index (χ2v) is 4.42. The fourth-order valence-corrected chi connectivity index (χ4v) is 1.84. The largest absolute Gasteiger partial charge is 0.455 e. The van der Waals surface area contributed by atoms with Crippen LogP contribution in [-0.2, 0) is 0 Å². The van der Waals surface area contributed by atoms with Gasteiger partial charge in [-0.15, -0.1) is 0 Å². The second kappa shape index (κ2) is 4.98. The number of nitrogens with zero attached hydrogens (tertiary/aromatic N) is 2. The van der Waals surface area contributed by atoms with E-state index in [1.807, 2.05) is 31.2 Å². The topological polar surface area (TPSA) is 45.9 Å². The Bertz CT molecular complexity index is 573. The van der Waals surface area contributed by atoms with E-state index in [0.29, 0.717) is 11.4 Å². The third kappa shape index (κ3) is 2.83. The highest BCUT2D eigenvalue weighted by Crippen LogP contribution is 2.26. The first-order valence-corrected chi connectivity index (χ1v) is 5.78. The van der Waals surface area contributed by atoms with Crippen LogP contribution in [0.1, 0.15) is 11.3 Å². The van der Waals surface area contributed by atoms with Crippen molar-refractivity contribution in [1.29, 1.82) is 5.26 Å². The summed E-state index contributed by atoms with van der Waals surface area (Å²) in [6.07, 6.45) is 1.54. The minimum atomic E-state index is 0.380. The number of nitriles is 1. The molecule has 0 aliphatic carbocycles. The van der Waals surface area contributed by atoms with E-state index in [1.165, 1.54) is 0 Å². The Labute approximate surface area is 108 Å². The van der Waals surface area contributed by atoms with Crippen LogP contribution in [0.4, 0.5) is 0 Å². The van der Waals surface area contributed by atoms with E-state index in [2.05, 4.69) is 20.9 Å². The predicted molar refractivity (Wildman–Crippen MR) is 67.9 cm³/mol. The highest BCUT2D eigenvalue weighted by Gasteiger charge is 2.02. The van der Waals surface area contributed by atoms with Gasteiger partial charge in [-0.1, -0.05) is 15.9 Å². The molecule has 84 valence electrons. The van der Waals surface area contributed by atoms with Crippen LogP contribution >= 0.6 is 15.9 Å². The Morgan fingerprint density at radius 3 is 2.71 bits per heavy atom. The van der Waals surface area contributed by atoms with Crippen LogP contribution in [0, 0.1) is 18.3 Å². The number of hydrogen-bond donors (Lipinski definition) is 0. The van der Waals surface area contributed by atoms with Gasteiger partial charge in [-0.25, -0.2) is 4.98 Å². The van der Waals surface area contributed by atoms with Crippen LogP contribution in [0.2, 0.25) is 0 Å². The van der Waals surface area contributed by atoms with Crippen LogP contribution in [0.15, 0.2) is 41.0 Å². The molecule has 1 aromatic carbocycles. The summed E-state index contributed by atoms with van der Waals surface area (Å²) >= 11 is 3.40. The molecule has 0 fully saturated rings. The third-order valence-electron chi connectivity index (χ3n) is 2.22. The molecule has 3 nitrogen and oxygen atoms in total. The van der Waals surface area contributed by atoms with Gasteiger partial charge in [0, 0.05) is 4.47 Å². The number of ether oxygens (including phenoxy) is 1. The van der Waals surface area contributed by atoms with E-state index < -0.39 is 0 Å². The Hall–Kier alpha value is -1.86. The molecular weight excluding hydrogens is 280 g/mol. The molecule has 1 heterocycles. The lowest BCUT2D eigenvalue weighted by atomic mass is 10.2. The lowest BCUT2D eigenvalue weighted by Gasteiger charge is -2.08. The average molecular weight is 289 g/mol. The molecule has 0 unspecified atom stereocenters.